The van der Waals surface area contributed by atoms with E-state index in [1.54, 1.807) is 31.4 Å². The van der Waals surface area contributed by atoms with Crippen molar-refractivity contribution in [2.24, 2.45) is 0 Å². The molecule has 0 atom stereocenters. The Morgan fingerprint density at radius 1 is 0.914 bits per heavy atom. The molecular weight excluding hydrogens is 532 g/mol. The molecule has 0 bridgehead atoms. The maximum absolute atomic E-state index is 12.6. The van der Waals surface area contributed by atoms with Crippen molar-refractivity contribution in [3.05, 3.63) is 87.2 Å². The van der Waals surface area contributed by atoms with Crippen molar-refractivity contribution >= 4 is 43.7 Å². The van der Waals surface area contributed by atoms with E-state index in [2.05, 4.69) is 26.6 Å². The highest BCUT2D eigenvalue weighted by Crippen LogP contribution is 2.34. The fraction of sp³-hybridized carbons (Fsp3) is 0.154. The molecule has 35 heavy (non-hydrogen) atoms. The topological polar surface area (TPSA) is 102 Å². The minimum atomic E-state index is -3.83. The van der Waals surface area contributed by atoms with E-state index in [4.69, 9.17) is 4.74 Å². The standard InChI is InChI=1S/C26H23BrN2O5S/c1-34-22-6-3-2-5-21(22)17-7-9-18(10-8-17)25(30)28-13-4-14-29-26(31)24-16-19-15-20(27)11-12-23(19)35(24,32)33/h2-3,5-12,15-16H,4,13-14H2,1H3,(H,28,30)(H,29,31). The van der Waals surface area contributed by atoms with Gasteiger partial charge in [-0.3, -0.25) is 9.59 Å². The minimum absolute atomic E-state index is 0.120. The Morgan fingerprint density at radius 2 is 1.60 bits per heavy atom. The average molecular weight is 555 g/mol. The maximum Gasteiger partial charge on any atom is 0.263 e. The number of nitrogens with one attached hydrogen (secondary N) is 2. The largest absolute Gasteiger partial charge is 0.496 e. The number of methoxy groups -OCH3 is 1. The Labute approximate surface area is 212 Å². The molecule has 9 heteroatoms. The van der Waals surface area contributed by atoms with Crippen LogP contribution in [0.5, 0.6) is 5.75 Å². The van der Waals surface area contributed by atoms with E-state index in [0.29, 0.717) is 24.1 Å². The van der Waals surface area contributed by atoms with Crippen LogP contribution in [0.4, 0.5) is 0 Å². The number of hydrogen-bond acceptors (Lipinski definition) is 5. The third-order valence-corrected chi connectivity index (χ3v) is 7.88. The Kier molecular flexibility index (Phi) is 7.37. The van der Waals surface area contributed by atoms with Gasteiger partial charge in [-0.15, -0.1) is 0 Å². The fourth-order valence-corrected chi connectivity index (χ4v) is 5.66. The van der Waals surface area contributed by atoms with Gasteiger partial charge in [-0.25, -0.2) is 8.42 Å². The zero-order valence-corrected chi connectivity index (χ0v) is 21.3. The predicted octanol–water partition coefficient (Wildman–Crippen LogP) is 4.19. The van der Waals surface area contributed by atoms with Gasteiger partial charge in [0, 0.05) is 28.7 Å². The highest BCUT2D eigenvalue weighted by molar-refractivity contribution is 9.10. The number of benzene rings is 3. The quantitative estimate of drug-likeness (QED) is 0.406. The smallest absolute Gasteiger partial charge is 0.263 e. The van der Waals surface area contributed by atoms with Gasteiger partial charge in [0.15, 0.2) is 0 Å². The van der Waals surface area contributed by atoms with Gasteiger partial charge in [0.1, 0.15) is 10.7 Å². The summed E-state index contributed by atoms with van der Waals surface area (Å²) in [5.41, 5.74) is 2.87. The van der Waals surface area contributed by atoms with E-state index in [-0.39, 0.29) is 22.3 Å². The first-order valence-electron chi connectivity index (χ1n) is 10.9. The van der Waals surface area contributed by atoms with E-state index >= 15 is 0 Å². The van der Waals surface area contributed by atoms with Crippen LogP contribution in [0.2, 0.25) is 0 Å². The van der Waals surface area contributed by atoms with E-state index in [0.717, 1.165) is 21.3 Å². The SMILES string of the molecule is COc1ccccc1-c1ccc(C(=O)NCCCNC(=O)C2=Cc3cc(Br)ccc3S2(=O)=O)cc1. The van der Waals surface area contributed by atoms with Crippen molar-refractivity contribution in [3.8, 4) is 16.9 Å². The first kappa shape index (κ1) is 24.7. The molecule has 0 aliphatic carbocycles. The Balaban J connectivity index is 1.26. The van der Waals surface area contributed by atoms with Gasteiger partial charge in [-0.05, 0) is 60.0 Å². The summed E-state index contributed by atoms with van der Waals surface area (Å²) in [5.74, 6) is -0.134. The molecule has 0 saturated carbocycles. The highest BCUT2D eigenvalue weighted by Gasteiger charge is 2.34. The monoisotopic (exact) mass is 554 g/mol. The first-order chi connectivity index (χ1) is 16.8. The highest BCUT2D eigenvalue weighted by atomic mass is 79.9. The number of fused-ring (bicyclic) bond motifs is 1. The molecule has 0 fully saturated rings. The second-order valence-corrected chi connectivity index (χ2v) is 10.6. The molecule has 3 aromatic carbocycles. The Bertz CT molecular complexity index is 1420. The van der Waals surface area contributed by atoms with Crippen LogP contribution in [-0.4, -0.2) is 40.4 Å². The van der Waals surface area contributed by atoms with Crippen LogP contribution in [0.3, 0.4) is 0 Å². The second-order valence-electron chi connectivity index (χ2n) is 7.84. The number of ether oxygens (including phenoxy) is 1. The minimum Gasteiger partial charge on any atom is -0.496 e. The Hall–Kier alpha value is -3.43. The van der Waals surface area contributed by atoms with Crippen LogP contribution in [0, 0.1) is 0 Å². The predicted molar refractivity (Wildman–Crippen MR) is 138 cm³/mol. The summed E-state index contributed by atoms with van der Waals surface area (Å²) in [6, 6.07) is 19.6. The van der Waals surface area contributed by atoms with Gasteiger partial charge in [0.05, 0.1) is 12.0 Å². The van der Waals surface area contributed by atoms with Gasteiger partial charge in [0.25, 0.3) is 11.8 Å². The molecular formula is C26H23BrN2O5S. The van der Waals surface area contributed by atoms with E-state index in [1.807, 2.05) is 36.4 Å². The molecule has 1 heterocycles. The molecule has 0 spiro atoms. The molecule has 4 rings (SSSR count). The summed E-state index contributed by atoms with van der Waals surface area (Å²) in [6.45, 7) is 0.547. The lowest BCUT2D eigenvalue weighted by molar-refractivity contribution is -0.116. The number of carbonyl (C=O) groups is 2. The Morgan fingerprint density at radius 3 is 2.31 bits per heavy atom. The molecule has 0 saturated heterocycles. The van der Waals surface area contributed by atoms with Crippen molar-refractivity contribution < 1.29 is 22.7 Å². The number of sulfone groups is 1. The lowest BCUT2D eigenvalue weighted by atomic mass is 10.0. The molecule has 0 radical (unpaired) electrons. The maximum atomic E-state index is 12.6. The normalized spacial score (nSPS) is 13.5. The van der Waals surface area contributed by atoms with Gasteiger partial charge in [-0.2, -0.15) is 0 Å². The van der Waals surface area contributed by atoms with Crippen LogP contribution >= 0.6 is 15.9 Å². The zero-order chi connectivity index (χ0) is 25.0. The third-order valence-electron chi connectivity index (χ3n) is 5.55. The molecule has 3 aromatic rings. The van der Waals surface area contributed by atoms with E-state index in [9.17, 15) is 18.0 Å². The first-order valence-corrected chi connectivity index (χ1v) is 13.1. The molecule has 2 amide bonds. The molecule has 180 valence electrons. The van der Waals surface area contributed by atoms with Gasteiger partial charge < -0.3 is 15.4 Å². The summed E-state index contributed by atoms with van der Waals surface area (Å²) in [5, 5.41) is 5.43. The van der Waals surface area contributed by atoms with Crippen molar-refractivity contribution in [2.75, 3.05) is 20.2 Å². The third kappa shape index (κ3) is 5.31. The number of halogens is 1. The molecule has 0 unspecified atom stereocenters. The van der Waals surface area contributed by atoms with Crippen LogP contribution < -0.4 is 15.4 Å². The number of rotatable bonds is 8. The van der Waals surface area contributed by atoms with Crippen LogP contribution in [0.15, 0.2) is 81.0 Å². The molecule has 0 aromatic heterocycles. The van der Waals surface area contributed by atoms with Crippen molar-refractivity contribution in [2.45, 2.75) is 11.3 Å². The molecule has 2 N–H and O–H groups in total. The van der Waals surface area contributed by atoms with Crippen molar-refractivity contribution in [1.82, 2.24) is 10.6 Å². The average Bonchev–Trinajstić information content (AvgIpc) is 3.13. The summed E-state index contributed by atoms with van der Waals surface area (Å²) >= 11 is 3.30. The van der Waals surface area contributed by atoms with Crippen LogP contribution in [0.1, 0.15) is 22.3 Å². The van der Waals surface area contributed by atoms with E-state index in [1.165, 1.54) is 12.1 Å². The number of carbonyl (C=O) groups excluding carboxylic acids is 2. The molecule has 1 aliphatic heterocycles. The molecule has 7 nitrogen and oxygen atoms in total. The lowest BCUT2D eigenvalue weighted by Gasteiger charge is -2.10. The van der Waals surface area contributed by atoms with Crippen LogP contribution in [-0.2, 0) is 14.6 Å². The van der Waals surface area contributed by atoms with E-state index < -0.39 is 15.7 Å². The van der Waals surface area contributed by atoms with Gasteiger partial charge in [-0.1, -0.05) is 46.3 Å². The number of hydrogen-bond donors (Lipinski definition) is 2. The second kappa shape index (κ2) is 10.5. The van der Waals surface area contributed by atoms with Gasteiger partial charge in [0.2, 0.25) is 9.84 Å². The summed E-state index contributed by atoms with van der Waals surface area (Å²) < 4.78 is 31.3. The summed E-state index contributed by atoms with van der Waals surface area (Å²) in [7, 11) is -2.22. The summed E-state index contributed by atoms with van der Waals surface area (Å²) in [6.07, 6.45) is 1.82. The fourth-order valence-electron chi connectivity index (χ4n) is 3.77. The zero-order valence-electron chi connectivity index (χ0n) is 18.9. The summed E-state index contributed by atoms with van der Waals surface area (Å²) in [4.78, 5) is 24.8. The lowest BCUT2D eigenvalue weighted by Crippen LogP contribution is -2.31. The van der Waals surface area contributed by atoms with Crippen molar-refractivity contribution in [3.63, 3.8) is 0 Å². The number of para-hydroxylation sites is 1. The van der Waals surface area contributed by atoms with Gasteiger partial charge >= 0.3 is 0 Å². The molecule has 1 aliphatic rings. The van der Waals surface area contributed by atoms with Crippen LogP contribution in [0.25, 0.3) is 17.2 Å². The number of amides is 2. The van der Waals surface area contributed by atoms with Crippen molar-refractivity contribution in [1.29, 1.82) is 0 Å².